The van der Waals surface area contributed by atoms with Crippen molar-refractivity contribution in [2.75, 3.05) is 51.3 Å². The van der Waals surface area contributed by atoms with Crippen LogP contribution < -0.4 is 20.7 Å². The number of carbonyl (C=O) groups is 1. The minimum absolute atomic E-state index is 0.0272. The molecular formula is C15H24N4O2. The van der Waals surface area contributed by atoms with E-state index in [2.05, 4.69) is 16.3 Å². The lowest BCUT2D eigenvalue weighted by Crippen LogP contribution is -2.37. The molecule has 2 amide bonds. The zero-order chi connectivity index (χ0) is 15.1. The summed E-state index contributed by atoms with van der Waals surface area (Å²) in [6.45, 7) is 4.56. The summed E-state index contributed by atoms with van der Waals surface area (Å²) < 4.78 is 5.28. The smallest absolute Gasteiger partial charge is 0.317 e. The van der Waals surface area contributed by atoms with Crippen LogP contribution in [0.15, 0.2) is 24.3 Å². The molecule has 1 heterocycles. The molecule has 2 rings (SSSR count). The molecule has 0 unspecified atom stereocenters. The van der Waals surface area contributed by atoms with Crippen molar-refractivity contribution in [3.63, 3.8) is 0 Å². The van der Waals surface area contributed by atoms with Crippen LogP contribution in [0.2, 0.25) is 0 Å². The average Bonchev–Trinajstić information content (AvgIpc) is 2.93. The van der Waals surface area contributed by atoms with Crippen LogP contribution in [-0.4, -0.2) is 57.3 Å². The summed E-state index contributed by atoms with van der Waals surface area (Å²) in [6.07, 6.45) is 0.920. The fourth-order valence-corrected chi connectivity index (χ4v) is 2.43. The number of hydrogen-bond acceptors (Lipinski definition) is 4. The molecule has 1 aliphatic heterocycles. The molecule has 0 bridgehead atoms. The highest BCUT2D eigenvalue weighted by Gasteiger charge is 2.19. The number of carbonyl (C=O) groups excluding carboxylic acids is 1. The molecule has 0 aliphatic carbocycles. The van der Waals surface area contributed by atoms with Crippen LogP contribution in [0.3, 0.4) is 0 Å². The Hall–Kier alpha value is -1.95. The van der Waals surface area contributed by atoms with E-state index in [9.17, 15) is 4.79 Å². The molecule has 21 heavy (non-hydrogen) atoms. The molecule has 1 saturated heterocycles. The second-order valence-corrected chi connectivity index (χ2v) is 5.05. The molecule has 0 atom stereocenters. The highest BCUT2D eigenvalue weighted by atomic mass is 16.5. The predicted molar refractivity (Wildman–Crippen MR) is 83.9 cm³/mol. The Labute approximate surface area is 125 Å². The van der Waals surface area contributed by atoms with Gasteiger partial charge < -0.3 is 25.6 Å². The Bertz CT molecular complexity index is 467. The summed E-state index contributed by atoms with van der Waals surface area (Å²) in [4.78, 5) is 15.7. The molecule has 6 nitrogen and oxygen atoms in total. The second kappa shape index (κ2) is 7.73. The number of methoxy groups -OCH3 is 1. The van der Waals surface area contributed by atoms with Crippen LogP contribution in [0.4, 0.5) is 10.5 Å². The third-order valence-electron chi connectivity index (χ3n) is 3.64. The van der Waals surface area contributed by atoms with Crippen molar-refractivity contribution >= 4 is 11.7 Å². The molecule has 1 fully saturated rings. The number of nitrogens with zero attached hydrogens (tertiary/aromatic N) is 2. The van der Waals surface area contributed by atoms with E-state index in [1.807, 2.05) is 23.1 Å². The molecule has 0 aromatic heterocycles. The molecule has 3 N–H and O–H groups in total. The normalized spacial score (nSPS) is 14.2. The van der Waals surface area contributed by atoms with Gasteiger partial charge in [-0.1, -0.05) is 6.07 Å². The maximum absolute atomic E-state index is 11.6. The first-order valence-corrected chi connectivity index (χ1v) is 7.36. The lowest BCUT2D eigenvalue weighted by atomic mass is 10.2. The summed E-state index contributed by atoms with van der Waals surface area (Å²) in [7, 11) is 1.66. The molecule has 1 aliphatic rings. The van der Waals surface area contributed by atoms with Crippen molar-refractivity contribution in [3.8, 4) is 5.75 Å². The fourth-order valence-electron chi connectivity index (χ4n) is 2.43. The van der Waals surface area contributed by atoms with Crippen molar-refractivity contribution in [3.05, 3.63) is 24.3 Å². The van der Waals surface area contributed by atoms with Gasteiger partial charge in [0.1, 0.15) is 5.75 Å². The van der Waals surface area contributed by atoms with Crippen LogP contribution in [0, 0.1) is 0 Å². The van der Waals surface area contributed by atoms with E-state index >= 15 is 0 Å². The highest BCUT2D eigenvalue weighted by molar-refractivity contribution is 5.76. The van der Waals surface area contributed by atoms with E-state index in [1.54, 1.807) is 7.11 Å². The van der Waals surface area contributed by atoms with E-state index in [-0.39, 0.29) is 6.03 Å². The van der Waals surface area contributed by atoms with Crippen LogP contribution in [0.5, 0.6) is 5.75 Å². The van der Waals surface area contributed by atoms with Crippen LogP contribution in [-0.2, 0) is 0 Å². The number of anilines is 1. The molecule has 0 spiro atoms. The maximum Gasteiger partial charge on any atom is 0.317 e. The highest BCUT2D eigenvalue weighted by Crippen LogP contribution is 2.21. The number of ether oxygens (including phenoxy) is 1. The molecule has 116 valence electrons. The van der Waals surface area contributed by atoms with Gasteiger partial charge in [0.25, 0.3) is 0 Å². The largest absolute Gasteiger partial charge is 0.497 e. The standard InChI is InChI=1S/C15H24N4O2/c1-21-14-5-2-4-13(12-14)18(8-3-6-16)10-11-19-9-7-17-15(19)20/h2,4-5,12H,3,6-11,16H2,1H3,(H,17,20). The minimum Gasteiger partial charge on any atom is -0.497 e. The van der Waals surface area contributed by atoms with Gasteiger partial charge in [0.2, 0.25) is 0 Å². The Morgan fingerprint density at radius 3 is 2.95 bits per heavy atom. The topological polar surface area (TPSA) is 70.8 Å². The van der Waals surface area contributed by atoms with Crippen molar-refractivity contribution in [2.24, 2.45) is 5.73 Å². The number of rotatable bonds is 8. The Kier molecular flexibility index (Phi) is 5.68. The van der Waals surface area contributed by atoms with Gasteiger partial charge in [-0.2, -0.15) is 0 Å². The van der Waals surface area contributed by atoms with Gasteiger partial charge in [0, 0.05) is 44.5 Å². The Balaban J connectivity index is 2.00. The third-order valence-corrected chi connectivity index (χ3v) is 3.64. The average molecular weight is 292 g/mol. The van der Waals surface area contributed by atoms with Gasteiger partial charge in [-0.25, -0.2) is 4.79 Å². The number of nitrogens with one attached hydrogen (secondary N) is 1. The fraction of sp³-hybridized carbons (Fsp3) is 0.533. The van der Waals surface area contributed by atoms with Crippen LogP contribution >= 0.6 is 0 Å². The lowest BCUT2D eigenvalue weighted by Gasteiger charge is -2.27. The second-order valence-electron chi connectivity index (χ2n) is 5.05. The van der Waals surface area contributed by atoms with Gasteiger partial charge >= 0.3 is 6.03 Å². The van der Waals surface area contributed by atoms with E-state index in [0.717, 1.165) is 44.0 Å². The van der Waals surface area contributed by atoms with Gasteiger partial charge in [-0.3, -0.25) is 0 Å². The maximum atomic E-state index is 11.6. The van der Waals surface area contributed by atoms with Crippen molar-refractivity contribution < 1.29 is 9.53 Å². The Morgan fingerprint density at radius 2 is 2.29 bits per heavy atom. The zero-order valence-electron chi connectivity index (χ0n) is 12.5. The quantitative estimate of drug-likeness (QED) is 0.746. The molecule has 6 heteroatoms. The van der Waals surface area contributed by atoms with E-state index < -0.39 is 0 Å². The number of nitrogens with two attached hydrogens (primary N) is 1. The van der Waals surface area contributed by atoms with Crippen molar-refractivity contribution in [1.29, 1.82) is 0 Å². The molecule has 0 radical (unpaired) electrons. The van der Waals surface area contributed by atoms with Gasteiger partial charge in [0.15, 0.2) is 0 Å². The number of hydrogen-bond donors (Lipinski definition) is 2. The van der Waals surface area contributed by atoms with Crippen molar-refractivity contribution in [1.82, 2.24) is 10.2 Å². The first-order valence-electron chi connectivity index (χ1n) is 7.36. The molecular weight excluding hydrogens is 268 g/mol. The summed E-state index contributed by atoms with van der Waals surface area (Å²) in [6, 6.07) is 8.01. The van der Waals surface area contributed by atoms with Crippen LogP contribution in [0.1, 0.15) is 6.42 Å². The first kappa shape index (κ1) is 15.4. The number of benzene rings is 1. The summed E-state index contributed by atoms with van der Waals surface area (Å²) in [5.41, 5.74) is 6.72. The molecule has 1 aromatic rings. The van der Waals surface area contributed by atoms with Gasteiger partial charge in [-0.05, 0) is 25.1 Å². The monoisotopic (exact) mass is 292 g/mol. The van der Waals surface area contributed by atoms with Gasteiger partial charge in [0.05, 0.1) is 7.11 Å². The lowest BCUT2D eigenvalue weighted by molar-refractivity contribution is 0.218. The Morgan fingerprint density at radius 1 is 1.43 bits per heavy atom. The predicted octanol–water partition coefficient (Wildman–Crippen LogP) is 0.876. The summed E-state index contributed by atoms with van der Waals surface area (Å²) in [5.74, 6) is 0.837. The summed E-state index contributed by atoms with van der Waals surface area (Å²) in [5, 5.41) is 2.82. The van der Waals surface area contributed by atoms with Gasteiger partial charge in [-0.15, -0.1) is 0 Å². The number of urea groups is 1. The SMILES string of the molecule is COc1cccc(N(CCCN)CCN2CCNC2=O)c1. The molecule has 0 saturated carbocycles. The van der Waals surface area contributed by atoms with Crippen molar-refractivity contribution in [2.45, 2.75) is 6.42 Å². The summed E-state index contributed by atoms with van der Waals surface area (Å²) >= 11 is 0. The molecule has 1 aromatic carbocycles. The van der Waals surface area contributed by atoms with E-state index in [0.29, 0.717) is 13.1 Å². The number of amides is 2. The minimum atomic E-state index is 0.0272. The van der Waals surface area contributed by atoms with Crippen LogP contribution in [0.25, 0.3) is 0 Å². The zero-order valence-corrected chi connectivity index (χ0v) is 12.5. The van der Waals surface area contributed by atoms with E-state index in [1.165, 1.54) is 0 Å². The van der Waals surface area contributed by atoms with E-state index in [4.69, 9.17) is 10.5 Å². The first-order chi connectivity index (χ1) is 10.2. The third kappa shape index (κ3) is 4.26.